The first-order valence-electron chi connectivity index (χ1n) is 6.25. The summed E-state index contributed by atoms with van der Waals surface area (Å²) in [5, 5.41) is 9.03. The predicted molar refractivity (Wildman–Crippen MR) is 70.9 cm³/mol. The van der Waals surface area contributed by atoms with E-state index < -0.39 is 0 Å². The number of nitrogens with zero attached hydrogens (tertiary/aromatic N) is 2. The lowest BCUT2D eigenvalue weighted by atomic mass is 10.1. The fourth-order valence-corrected chi connectivity index (χ4v) is 2.04. The van der Waals surface area contributed by atoms with E-state index in [1.54, 1.807) is 13.1 Å². The van der Waals surface area contributed by atoms with Gasteiger partial charge >= 0.3 is 0 Å². The number of halogens is 1. The normalized spacial score (nSPS) is 10.2. The van der Waals surface area contributed by atoms with E-state index in [0.29, 0.717) is 24.4 Å². The average Bonchev–Trinajstić information content (AvgIpc) is 2.37. The van der Waals surface area contributed by atoms with Gasteiger partial charge in [-0.2, -0.15) is 4.57 Å². The lowest BCUT2D eigenvalue weighted by Gasteiger charge is -2.05. The van der Waals surface area contributed by atoms with E-state index >= 15 is 0 Å². The lowest BCUT2D eigenvalue weighted by molar-refractivity contribution is -0.694. The van der Waals surface area contributed by atoms with Crippen LogP contribution in [-0.4, -0.2) is 21.7 Å². The molecule has 0 aliphatic rings. The van der Waals surface area contributed by atoms with E-state index in [0.717, 1.165) is 11.3 Å². The molecular formula is C14H18BrN3O2. The molecule has 20 heavy (non-hydrogen) atoms. The van der Waals surface area contributed by atoms with Crippen molar-refractivity contribution in [3.8, 4) is 0 Å². The molecule has 2 aromatic rings. The summed E-state index contributed by atoms with van der Waals surface area (Å²) in [5.41, 5.74) is 2.66. The fraction of sp³-hybridized carbons (Fsp3) is 0.357. The van der Waals surface area contributed by atoms with Crippen molar-refractivity contribution in [1.29, 1.82) is 0 Å². The number of hydrogen-bond acceptors (Lipinski definition) is 3. The first kappa shape index (κ1) is 16.5. The quantitative estimate of drug-likeness (QED) is 0.594. The van der Waals surface area contributed by atoms with Crippen LogP contribution in [0.15, 0.2) is 29.3 Å². The standard InChI is InChI=1S/C14H17N3O2.BrH/c1-10-12(5-7-18)4-3-6-17(10)9-13-8-15-11(2)16-14(13)19;/h3-4,6,8,18H,5,7,9H2,1-2H3;1H. The van der Waals surface area contributed by atoms with Crippen molar-refractivity contribution in [2.75, 3.05) is 6.61 Å². The zero-order valence-electron chi connectivity index (χ0n) is 11.6. The van der Waals surface area contributed by atoms with E-state index in [-0.39, 0.29) is 29.1 Å². The molecule has 0 atom stereocenters. The number of aryl methyl sites for hydroxylation is 1. The van der Waals surface area contributed by atoms with Crippen molar-refractivity contribution in [1.82, 2.24) is 9.97 Å². The molecule has 0 radical (unpaired) electrons. The molecule has 5 nitrogen and oxygen atoms in total. The van der Waals surface area contributed by atoms with Crippen LogP contribution in [0.1, 0.15) is 22.6 Å². The predicted octanol–water partition coefficient (Wildman–Crippen LogP) is -2.74. The van der Waals surface area contributed by atoms with E-state index in [1.165, 1.54) is 0 Å². The summed E-state index contributed by atoms with van der Waals surface area (Å²) in [5.74, 6) is 0.615. The van der Waals surface area contributed by atoms with Gasteiger partial charge in [-0.1, -0.05) is 0 Å². The molecule has 0 aliphatic carbocycles. The van der Waals surface area contributed by atoms with Gasteiger partial charge in [0.05, 0.1) is 0 Å². The molecule has 0 fully saturated rings. The monoisotopic (exact) mass is 339 g/mol. The molecule has 0 saturated heterocycles. The largest absolute Gasteiger partial charge is 1.00 e. The topological polar surface area (TPSA) is 69.9 Å². The van der Waals surface area contributed by atoms with Crippen LogP contribution in [0.25, 0.3) is 0 Å². The Morgan fingerprint density at radius 3 is 2.75 bits per heavy atom. The van der Waals surface area contributed by atoms with Gasteiger partial charge in [0, 0.05) is 37.8 Å². The molecule has 2 rings (SSSR count). The molecule has 0 aliphatic heterocycles. The van der Waals surface area contributed by atoms with Gasteiger partial charge in [0.15, 0.2) is 18.4 Å². The number of aromatic nitrogens is 3. The highest BCUT2D eigenvalue weighted by molar-refractivity contribution is 5.15. The van der Waals surface area contributed by atoms with Crippen molar-refractivity contribution < 1.29 is 26.7 Å². The Hall–Kier alpha value is -1.53. The second-order valence-electron chi connectivity index (χ2n) is 4.54. The molecule has 0 aromatic carbocycles. The average molecular weight is 340 g/mol. The van der Waals surface area contributed by atoms with E-state index in [1.807, 2.05) is 29.8 Å². The Labute approximate surface area is 128 Å². The van der Waals surface area contributed by atoms with E-state index in [9.17, 15) is 4.79 Å². The number of nitrogens with one attached hydrogen (secondary N) is 1. The van der Waals surface area contributed by atoms with Gasteiger partial charge in [-0.3, -0.25) is 4.79 Å². The Kier molecular flexibility index (Phi) is 6.04. The van der Waals surface area contributed by atoms with Crippen LogP contribution in [0.2, 0.25) is 0 Å². The Morgan fingerprint density at radius 2 is 2.10 bits per heavy atom. The van der Waals surface area contributed by atoms with Crippen LogP contribution in [0, 0.1) is 13.8 Å². The van der Waals surface area contributed by atoms with Gasteiger partial charge in [-0.25, -0.2) is 4.98 Å². The van der Waals surface area contributed by atoms with Gasteiger partial charge in [0.2, 0.25) is 0 Å². The Morgan fingerprint density at radius 1 is 1.35 bits per heavy atom. The number of hydrogen-bond donors (Lipinski definition) is 2. The van der Waals surface area contributed by atoms with Crippen molar-refractivity contribution in [3.05, 3.63) is 57.5 Å². The number of pyridine rings is 1. The van der Waals surface area contributed by atoms with Crippen LogP contribution < -0.4 is 27.1 Å². The minimum Gasteiger partial charge on any atom is -1.00 e. The summed E-state index contributed by atoms with van der Waals surface area (Å²) in [6, 6.07) is 3.91. The molecule has 2 heterocycles. The van der Waals surface area contributed by atoms with Crippen LogP contribution in [0.3, 0.4) is 0 Å². The van der Waals surface area contributed by atoms with Gasteiger partial charge in [0.1, 0.15) is 11.4 Å². The Balaban J connectivity index is 0.00000200. The van der Waals surface area contributed by atoms with Crippen molar-refractivity contribution in [2.45, 2.75) is 26.8 Å². The zero-order chi connectivity index (χ0) is 13.8. The third kappa shape index (κ3) is 3.74. The SMILES string of the molecule is Cc1ncc(C[n+]2cccc(CCO)c2C)c(=O)[nH]1.[Br-]. The van der Waals surface area contributed by atoms with Crippen LogP contribution >= 0.6 is 0 Å². The highest BCUT2D eigenvalue weighted by Crippen LogP contribution is 2.03. The zero-order valence-corrected chi connectivity index (χ0v) is 13.1. The van der Waals surface area contributed by atoms with Gasteiger partial charge in [-0.05, 0) is 13.0 Å². The molecule has 0 unspecified atom stereocenters. The van der Waals surface area contributed by atoms with Crippen LogP contribution in [0.5, 0.6) is 0 Å². The molecular weight excluding hydrogens is 322 g/mol. The number of aliphatic hydroxyl groups excluding tert-OH is 1. The van der Waals surface area contributed by atoms with Crippen LogP contribution in [0.4, 0.5) is 0 Å². The maximum Gasteiger partial charge on any atom is 0.260 e. The van der Waals surface area contributed by atoms with Gasteiger partial charge in [-0.15, -0.1) is 0 Å². The van der Waals surface area contributed by atoms with Crippen molar-refractivity contribution >= 4 is 0 Å². The molecule has 108 valence electrons. The number of rotatable bonds is 4. The maximum atomic E-state index is 11.8. The highest BCUT2D eigenvalue weighted by Gasteiger charge is 2.13. The first-order chi connectivity index (χ1) is 9.11. The molecule has 0 amide bonds. The van der Waals surface area contributed by atoms with E-state index in [4.69, 9.17) is 5.11 Å². The lowest BCUT2D eigenvalue weighted by Crippen LogP contribution is -3.00. The number of H-pyrrole nitrogens is 1. The number of aromatic amines is 1. The van der Waals surface area contributed by atoms with Crippen molar-refractivity contribution in [3.63, 3.8) is 0 Å². The minimum absolute atomic E-state index is 0. The fourth-order valence-electron chi connectivity index (χ4n) is 2.04. The molecule has 0 bridgehead atoms. The molecule has 2 N–H and O–H groups in total. The molecule has 6 heteroatoms. The summed E-state index contributed by atoms with van der Waals surface area (Å²) in [6.45, 7) is 4.34. The number of aliphatic hydroxyl groups is 1. The summed E-state index contributed by atoms with van der Waals surface area (Å²) in [4.78, 5) is 18.6. The molecule has 0 saturated carbocycles. The smallest absolute Gasteiger partial charge is 0.260 e. The maximum absolute atomic E-state index is 11.8. The third-order valence-electron chi connectivity index (χ3n) is 3.18. The van der Waals surface area contributed by atoms with Gasteiger partial charge < -0.3 is 27.1 Å². The Bertz CT molecular complexity index is 641. The summed E-state index contributed by atoms with van der Waals surface area (Å²) < 4.78 is 1.99. The third-order valence-corrected chi connectivity index (χ3v) is 3.18. The highest BCUT2D eigenvalue weighted by atomic mass is 79.9. The van der Waals surface area contributed by atoms with Crippen molar-refractivity contribution in [2.24, 2.45) is 0 Å². The summed E-state index contributed by atoms with van der Waals surface area (Å²) in [7, 11) is 0. The second kappa shape index (κ2) is 7.31. The van der Waals surface area contributed by atoms with Crippen LogP contribution in [-0.2, 0) is 13.0 Å². The second-order valence-corrected chi connectivity index (χ2v) is 4.54. The minimum atomic E-state index is -0.105. The molecule has 0 spiro atoms. The summed E-state index contributed by atoms with van der Waals surface area (Å²) >= 11 is 0. The summed E-state index contributed by atoms with van der Waals surface area (Å²) in [6.07, 6.45) is 4.16. The van der Waals surface area contributed by atoms with Gasteiger partial charge in [0.25, 0.3) is 5.56 Å². The van der Waals surface area contributed by atoms with E-state index in [2.05, 4.69) is 9.97 Å². The molecule has 2 aromatic heterocycles. The first-order valence-corrected chi connectivity index (χ1v) is 6.25.